The van der Waals surface area contributed by atoms with Crippen molar-refractivity contribution in [3.8, 4) is 0 Å². The van der Waals surface area contributed by atoms with E-state index in [9.17, 15) is 13.5 Å². The van der Waals surface area contributed by atoms with Crippen molar-refractivity contribution in [1.82, 2.24) is 9.29 Å². The third-order valence-electron chi connectivity index (χ3n) is 3.10. The van der Waals surface area contributed by atoms with E-state index < -0.39 is 10.0 Å². The number of sulfonamides is 1. The predicted octanol–water partition coefficient (Wildman–Crippen LogP) is 1.50. The van der Waals surface area contributed by atoms with Gasteiger partial charge in [-0.25, -0.2) is 13.4 Å². The summed E-state index contributed by atoms with van der Waals surface area (Å²) in [5.74, 6) is 0.239. The maximum Gasteiger partial charge on any atom is 0.254 e. The number of hydrogen-bond donors (Lipinski definition) is 1. The monoisotopic (exact) mass is 310 g/mol. The van der Waals surface area contributed by atoms with E-state index in [1.807, 2.05) is 0 Å². The molecule has 0 saturated heterocycles. The van der Waals surface area contributed by atoms with E-state index in [1.165, 1.54) is 4.31 Å². The Morgan fingerprint density at radius 2 is 2.17 bits per heavy atom. The number of aromatic nitrogens is 1. The van der Waals surface area contributed by atoms with Crippen LogP contribution in [0.4, 0.5) is 0 Å². The average molecular weight is 311 g/mol. The van der Waals surface area contributed by atoms with Gasteiger partial charge >= 0.3 is 0 Å². The van der Waals surface area contributed by atoms with Gasteiger partial charge in [-0.3, -0.25) is 0 Å². The van der Waals surface area contributed by atoms with Crippen molar-refractivity contribution in [3.63, 3.8) is 0 Å². The molecule has 0 unspecified atom stereocenters. The zero-order chi connectivity index (χ0) is 13.5. The predicted molar refractivity (Wildman–Crippen MR) is 70.4 cm³/mol. The van der Waals surface area contributed by atoms with Crippen LogP contribution in [0.25, 0.3) is 0 Å². The molecule has 102 valence electrons. The Morgan fingerprint density at radius 1 is 1.56 bits per heavy atom. The molecule has 5 nitrogen and oxygen atoms in total. The van der Waals surface area contributed by atoms with Crippen molar-refractivity contribution in [1.29, 1.82) is 0 Å². The zero-order valence-corrected chi connectivity index (χ0v) is 12.5. The normalized spacial score (nSPS) is 24.3. The molecule has 1 fully saturated rings. The lowest BCUT2D eigenvalue weighted by atomic mass is 9.82. The Morgan fingerprint density at radius 3 is 2.61 bits per heavy atom. The first kappa shape index (κ1) is 14.2. The van der Waals surface area contributed by atoms with E-state index in [0.717, 1.165) is 11.3 Å². The van der Waals surface area contributed by atoms with E-state index in [0.29, 0.717) is 25.1 Å². The van der Waals surface area contributed by atoms with Gasteiger partial charge in [0.15, 0.2) is 8.68 Å². The number of aryl methyl sites for hydroxylation is 1. The van der Waals surface area contributed by atoms with Gasteiger partial charge in [0, 0.05) is 13.6 Å². The molecular formula is C10H15ClN2O3S2. The first-order valence-electron chi connectivity index (χ1n) is 5.58. The Bertz CT molecular complexity index is 537. The number of nitrogens with zero attached hydrogens (tertiary/aromatic N) is 2. The van der Waals surface area contributed by atoms with Crippen molar-refractivity contribution in [2.24, 2.45) is 5.92 Å². The number of aliphatic hydroxyl groups is 1. The van der Waals surface area contributed by atoms with Gasteiger partial charge in [0.25, 0.3) is 10.0 Å². The minimum atomic E-state index is -3.51. The summed E-state index contributed by atoms with van der Waals surface area (Å²) in [6, 6.07) is 0. The van der Waals surface area contributed by atoms with Gasteiger partial charge in [-0.05, 0) is 25.7 Å². The van der Waals surface area contributed by atoms with Crippen LogP contribution in [0.2, 0.25) is 4.47 Å². The highest BCUT2D eigenvalue weighted by Gasteiger charge is 2.33. The average Bonchev–Trinajstić information content (AvgIpc) is 2.56. The van der Waals surface area contributed by atoms with Crippen LogP contribution in [0, 0.1) is 12.8 Å². The van der Waals surface area contributed by atoms with Crippen LogP contribution in [-0.2, 0) is 10.0 Å². The molecule has 18 heavy (non-hydrogen) atoms. The standard InChI is InChI=1S/C10H15ClN2O3S2/c1-6-9(17-10(11)12-6)18(15,16)13(2)5-7-3-8(14)4-7/h7-8,14H,3-5H2,1-2H3. The number of thiazole rings is 1. The lowest BCUT2D eigenvalue weighted by Gasteiger charge is -2.33. The highest BCUT2D eigenvalue weighted by atomic mass is 35.5. The molecule has 0 atom stereocenters. The fourth-order valence-electron chi connectivity index (χ4n) is 2.04. The second-order valence-electron chi connectivity index (χ2n) is 4.62. The number of hydrogen-bond acceptors (Lipinski definition) is 5. The van der Waals surface area contributed by atoms with Crippen LogP contribution in [0.1, 0.15) is 18.5 Å². The van der Waals surface area contributed by atoms with Gasteiger partial charge in [0.2, 0.25) is 0 Å². The minimum absolute atomic E-state index is 0.204. The fourth-order valence-corrected chi connectivity index (χ4v) is 5.22. The van der Waals surface area contributed by atoms with E-state index in [2.05, 4.69) is 4.98 Å². The van der Waals surface area contributed by atoms with Crippen LogP contribution in [-0.4, -0.2) is 42.5 Å². The van der Waals surface area contributed by atoms with Crippen molar-refractivity contribution in [3.05, 3.63) is 10.2 Å². The summed E-state index contributed by atoms with van der Waals surface area (Å²) in [7, 11) is -1.97. The molecule has 1 aromatic rings. The number of aliphatic hydroxyl groups excluding tert-OH is 1. The Balaban J connectivity index is 2.13. The molecule has 1 aliphatic carbocycles. The first-order chi connectivity index (χ1) is 8.30. The zero-order valence-electron chi connectivity index (χ0n) is 10.1. The summed E-state index contributed by atoms with van der Waals surface area (Å²) in [5.41, 5.74) is 0.436. The molecule has 0 bridgehead atoms. The molecule has 1 N–H and O–H groups in total. The number of halogens is 1. The van der Waals surface area contributed by atoms with Crippen LogP contribution in [0.15, 0.2) is 4.21 Å². The van der Waals surface area contributed by atoms with Gasteiger partial charge in [0.1, 0.15) is 0 Å². The molecule has 1 aromatic heterocycles. The first-order valence-corrected chi connectivity index (χ1v) is 8.21. The highest BCUT2D eigenvalue weighted by Crippen LogP contribution is 2.32. The van der Waals surface area contributed by atoms with Crippen LogP contribution in [0.3, 0.4) is 0 Å². The van der Waals surface area contributed by atoms with Crippen molar-refractivity contribution in [2.75, 3.05) is 13.6 Å². The lowest BCUT2D eigenvalue weighted by Crippen LogP contribution is -2.39. The molecule has 1 saturated carbocycles. The second-order valence-corrected chi connectivity index (χ2v) is 8.44. The summed E-state index contributed by atoms with van der Waals surface area (Å²) in [6.45, 7) is 2.06. The van der Waals surface area contributed by atoms with Gasteiger partial charge in [-0.1, -0.05) is 22.9 Å². The third kappa shape index (κ3) is 2.70. The second kappa shape index (κ2) is 5.05. The third-order valence-corrected chi connectivity index (χ3v) is 6.77. The van der Waals surface area contributed by atoms with E-state index in [-0.39, 0.29) is 20.7 Å². The number of rotatable bonds is 4. The minimum Gasteiger partial charge on any atom is -0.393 e. The van der Waals surface area contributed by atoms with E-state index in [1.54, 1.807) is 14.0 Å². The maximum absolute atomic E-state index is 12.3. The van der Waals surface area contributed by atoms with E-state index in [4.69, 9.17) is 11.6 Å². The van der Waals surface area contributed by atoms with Gasteiger partial charge < -0.3 is 5.11 Å². The lowest BCUT2D eigenvalue weighted by molar-refractivity contribution is 0.0367. The highest BCUT2D eigenvalue weighted by molar-refractivity contribution is 7.91. The Hall–Kier alpha value is -0.210. The van der Waals surface area contributed by atoms with Gasteiger partial charge in [-0.2, -0.15) is 4.31 Å². The molecule has 0 aliphatic heterocycles. The smallest absolute Gasteiger partial charge is 0.254 e. The Kier molecular flexibility index (Phi) is 3.99. The summed E-state index contributed by atoms with van der Waals surface area (Å²) < 4.78 is 26.4. The van der Waals surface area contributed by atoms with Crippen LogP contribution in [0.5, 0.6) is 0 Å². The molecular weight excluding hydrogens is 296 g/mol. The van der Waals surface area contributed by atoms with E-state index >= 15 is 0 Å². The Labute approximate surface area is 115 Å². The molecule has 0 aromatic carbocycles. The van der Waals surface area contributed by atoms with Crippen molar-refractivity contribution >= 4 is 33.0 Å². The van der Waals surface area contributed by atoms with Crippen molar-refractivity contribution in [2.45, 2.75) is 30.1 Å². The van der Waals surface area contributed by atoms with Gasteiger partial charge in [0.05, 0.1) is 11.8 Å². The molecule has 2 rings (SSSR count). The molecule has 8 heteroatoms. The molecule has 1 heterocycles. The molecule has 0 radical (unpaired) electrons. The largest absolute Gasteiger partial charge is 0.393 e. The van der Waals surface area contributed by atoms with Crippen molar-refractivity contribution < 1.29 is 13.5 Å². The SMILES string of the molecule is Cc1nc(Cl)sc1S(=O)(=O)N(C)CC1CC(O)C1. The summed E-state index contributed by atoms with van der Waals surface area (Å²) >= 11 is 6.71. The quantitative estimate of drug-likeness (QED) is 0.915. The topological polar surface area (TPSA) is 70.5 Å². The molecule has 1 aliphatic rings. The summed E-state index contributed by atoms with van der Waals surface area (Å²) in [6.07, 6.45) is 1.07. The van der Waals surface area contributed by atoms with Crippen LogP contribution < -0.4 is 0 Å². The maximum atomic E-state index is 12.3. The molecule has 0 spiro atoms. The fraction of sp³-hybridized carbons (Fsp3) is 0.700. The summed E-state index contributed by atoms with van der Waals surface area (Å²) in [5, 5.41) is 9.21. The van der Waals surface area contributed by atoms with Gasteiger partial charge in [-0.15, -0.1) is 0 Å². The summed E-state index contributed by atoms with van der Waals surface area (Å²) in [4.78, 5) is 3.92. The van der Waals surface area contributed by atoms with Crippen LogP contribution >= 0.6 is 22.9 Å². The molecule has 0 amide bonds.